The van der Waals surface area contributed by atoms with Gasteiger partial charge < -0.3 is 9.05 Å². The molecule has 0 bridgehead atoms. The second-order valence-corrected chi connectivity index (χ2v) is 8.02. The second kappa shape index (κ2) is 9.58. The summed E-state index contributed by atoms with van der Waals surface area (Å²) in [6.45, 7) is 8.19. The number of nitrogens with zero attached hydrogens (tertiary/aromatic N) is 1. The predicted molar refractivity (Wildman–Crippen MR) is 97.7 cm³/mol. The summed E-state index contributed by atoms with van der Waals surface area (Å²) in [5.41, 5.74) is 0.792. The van der Waals surface area contributed by atoms with Gasteiger partial charge >= 0.3 is 7.60 Å². The van der Waals surface area contributed by atoms with Crippen molar-refractivity contribution in [1.82, 2.24) is 0 Å². The maximum Gasteiger partial charge on any atom is 0.359 e. The van der Waals surface area contributed by atoms with Crippen LogP contribution in [0.4, 0.5) is 0 Å². The molecule has 1 unspecified atom stereocenters. The van der Waals surface area contributed by atoms with E-state index in [2.05, 4.69) is 4.99 Å². The Kier molecular flexibility index (Phi) is 8.49. The molecule has 1 rings (SSSR count). The molecule has 0 spiro atoms. The van der Waals surface area contributed by atoms with Gasteiger partial charge in [-0.3, -0.25) is 9.56 Å². The number of benzene rings is 1. The summed E-state index contributed by atoms with van der Waals surface area (Å²) in [5, 5.41) is 0. The number of hydrogen-bond acceptors (Lipinski definition) is 4. The van der Waals surface area contributed by atoms with Crippen molar-refractivity contribution < 1.29 is 13.6 Å². The summed E-state index contributed by atoms with van der Waals surface area (Å²) in [6, 6.07) is 9.42. The Hall–Kier alpha value is -0.670. The molecule has 0 saturated heterocycles. The van der Waals surface area contributed by atoms with Crippen molar-refractivity contribution in [3.05, 3.63) is 35.9 Å². The third kappa shape index (κ3) is 5.72. The smallest absolute Gasteiger partial charge is 0.307 e. The van der Waals surface area contributed by atoms with E-state index in [4.69, 9.17) is 20.6 Å². The number of rotatable bonds is 10. The molecule has 0 aromatic heterocycles. The van der Waals surface area contributed by atoms with Crippen molar-refractivity contribution in [2.75, 3.05) is 13.2 Å². The van der Waals surface area contributed by atoms with Crippen molar-refractivity contribution in [1.29, 1.82) is 0 Å². The van der Waals surface area contributed by atoms with Crippen LogP contribution in [0.25, 0.3) is 0 Å². The van der Waals surface area contributed by atoms with Gasteiger partial charge in [0.05, 0.1) is 18.1 Å². The highest BCUT2D eigenvalue weighted by Crippen LogP contribution is 2.61. The molecule has 0 fully saturated rings. The zero-order chi connectivity index (χ0) is 17.3. The lowest BCUT2D eigenvalue weighted by Crippen LogP contribution is -2.21. The van der Waals surface area contributed by atoms with Crippen molar-refractivity contribution in [2.24, 2.45) is 4.99 Å². The molecule has 0 N–H and O–H groups in total. The summed E-state index contributed by atoms with van der Waals surface area (Å²) in [5.74, 6) is -0.708. The molecule has 6 heteroatoms. The molecule has 23 heavy (non-hydrogen) atoms. The van der Waals surface area contributed by atoms with Crippen molar-refractivity contribution in [3.63, 3.8) is 0 Å². The van der Waals surface area contributed by atoms with Crippen molar-refractivity contribution in [3.8, 4) is 0 Å². The maximum absolute atomic E-state index is 13.2. The first kappa shape index (κ1) is 20.4. The van der Waals surface area contributed by atoms with E-state index in [1.54, 1.807) is 20.1 Å². The van der Waals surface area contributed by atoms with Crippen LogP contribution in [0.5, 0.6) is 0 Å². The number of hydrogen-bond donors (Lipinski definition) is 0. The minimum Gasteiger partial charge on any atom is -0.307 e. The van der Waals surface area contributed by atoms with E-state index in [0.29, 0.717) is 13.2 Å². The molecule has 1 aromatic rings. The van der Waals surface area contributed by atoms with Crippen LogP contribution in [0.1, 0.15) is 51.9 Å². The van der Waals surface area contributed by atoms with Crippen molar-refractivity contribution >= 4 is 25.4 Å². The zero-order valence-electron chi connectivity index (χ0n) is 14.4. The van der Waals surface area contributed by atoms with E-state index in [-0.39, 0.29) is 0 Å². The summed E-state index contributed by atoms with van der Waals surface area (Å²) in [6.07, 6.45) is 3.17. The van der Waals surface area contributed by atoms with Gasteiger partial charge in [0.25, 0.3) is 0 Å². The fourth-order valence-electron chi connectivity index (χ4n) is 2.15. The highest BCUT2D eigenvalue weighted by Gasteiger charge is 2.37. The van der Waals surface area contributed by atoms with Gasteiger partial charge in [-0.2, -0.15) is 0 Å². The largest absolute Gasteiger partial charge is 0.359 e. The highest BCUT2D eigenvalue weighted by molar-refractivity contribution is 7.54. The molecule has 1 atom stereocenters. The molecule has 130 valence electrons. The standard InChI is InChI=1S/C17H27ClNO3P/c1-5-17(18,6-2)14-19-16(15-12-10-9-11-13-15)23(20,21-7-3)22-8-4/h9-14,16H,5-8H2,1-4H3/b19-14+. The number of aliphatic imine (C=N–C) groups is 1. The Morgan fingerprint density at radius 2 is 1.65 bits per heavy atom. The Morgan fingerprint density at radius 1 is 1.13 bits per heavy atom. The minimum absolute atomic E-state index is 0.295. The Bertz CT molecular complexity index is 522. The molecular formula is C17H27ClNO3P. The molecule has 0 aliphatic heterocycles. The SMILES string of the molecule is CCOP(=O)(OCC)C(/N=C/C(Cl)(CC)CC)c1ccccc1. The van der Waals surface area contributed by atoms with E-state index in [9.17, 15) is 4.57 Å². The first-order chi connectivity index (χ1) is 10.9. The van der Waals surface area contributed by atoms with Gasteiger partial charge in [0.15, 0.2) is 5.78 Å². The molecule has 0 heterocycles. The van der Waals surface area contributed by atoms with Crippen LogP contribution in [0, 0.1) is 0 Å². The molecule has 1 aromatic carbocycles. The van der Waals surface area contributed by atoms with E-state index in [1.807, 2.05) is 44.2 Å². The topological polar surface area (TPSA) is 47.9 Å². The van der Waals surface area contributed by atoms with Crippen LogP contribution in [0.3, 0.4) is 0 Å². The predicted octanol–water partition coefficient (Wildman–Crippen LogP) is 5.82. The summed E-state index contributed by atoms with van der Waals surface area (Å²) in [7, 11) is -3.41. The lowest BCUT2D eigenvalue weighted by molar-refractivity contribution is 0.212. The zero-order valence-corrected chi connectivity index (χ0v) is 16.0. The third-order valence-corrected chi connectivity index (χ3v) is 6.54. The van der Waals surface area contributed by atoms with Crippen LogP contribution in [-0.4, -0.2) is 24.3 Å². The van der Waals surface area contributed by atoms with Gasteiger partial charge in [-0.05, 0) is 32.3 Å². The van der Waals surface area contributed by atoms with E-state index >= 15 is 0 Å². The van der Waals surface area contributed by atoms with E-state index in [1.165, 1.54) is 0 Å². The van der Waals surface area contributed by atoms with E-state index < -0.39 is 18.3 Å². The first-order valence-electron chi connectivity index (χ1n) is 8.11. The lowest BCUT2D eigenvalue weighted by atomic mass is 10.0. The van der Waals surface area contributed by atoms with Gasteiger partial charge in [0.2, 0.25) is 0 Å². The van der Waals surface area contributed by atoms with Crippen LogP contribution in [-0.2, 0) is 13.6 Å². The summed E-state index contributed by atoms with van der Waals surface area (Å²) < 4.78 is 24.2. The van der Waals surface area contributed by atoms with Crippen LogP contribution in [0.15, 0.2) is 35.3 Å². The molecule has 0 amide bonds. The average molecular weight is 360 g/mol. The molecule has 0 aliphatic rings. The van der Waals surface area contributed by atoms with Gasteiger partial charge in [0, 0.05) is 6.21 Å². The van der Waals surface area contributed by atoms with Crippen LogP contribution < -0.4 is 0 Å². The van der Waals surface area contributed by atoms with Crippen LogP contribution in [0.2, 0.25) is 0 Å². The first-order valence-corrected chi connectivity index (χ1v) is 10.1. The molecular weight excluding hydrogens is 333 g/mol. The Morgan fingerprint density at radius 3 is 2.09 bits per heavy atom. The van der Waals surface area contributed by atoms with Gasteiger partial charge in [-0.1, -0.05) is 44.2 Å². The average Bonchev–Trinajstić information content (AvgIpc) is 2.56. The molecule has 0 radical (unpaired) electrons. The van der Waals surface area contributed by atoms with E-state index in [0.717, 1.165) is 18.4 Å². The fourth-order valence-corrected chi connectivity index (χ4v) is 4.05. The third-order valence-electron chi connectivity index (χ3n) is 3.64. The molecule has 0 saturated carbocycles. The minimum atomic E-state index is -3.41. The Balaban J connectivity index is 3.27. The highest BCUT2D eigenvalue weighted by atomic mass is 35.5. The monoisotopic (exact) mass is 359 g/mol. The number of halogens is 1. The Labute approximate surface area is 144 Å². The number of alkyl halides is 1. The quantitative estimate of drug-likeness (QED) is 0.300. The summed E-state index contributed by atoms with van der Waals surface area (Å²) >= 11 is 6.52. The van der Waals surface area contributed by atoms with Gasteiger partial charge in [-0.15, -0.1) is 11.6 Å². The fraction of sp³-hybridized carbons (Fsp3) is 0.588. The van der Waals surface area contributed by atoms with Crippen LogP contribution >= 0.6 is 19.2 Å². The van der Waals surface area contributed by atoms with Crippen molar-refractivity contribution in [2.45, 2.75) is 51.2 Å². The lowest BCUT2D eigenvalue weighted by Gasteiger charge is -2.25. The molecule has 0 aliphatic carbocycles. The normalized spacial score (nSPS) is 14.3. The maximum atomic E-state index is 13.2. The summed E-state index contributed by atoms with van der Waals surface area (Å²) in [4.78, 5) is 4.00. The van der Waals surface area contributed by atoms with Gasteiger partial charge in [-0.25, -0.2) is 0 Å². The second-order valence-electron chi connectivity index (χ2n) is 5.18. The molecule has 4 nitrogen and oxygen atoms in total. The van der Waals surface area contributed by atoms with Gasteiger partial charge in [0.1, 0.15) is 0 Å².